The second-order valence-electron chi connectivity index (χ2n) is 4.70. The third-order valence-corrected chi connectivity index (χ3v) is 3.28. The summed E-state index contributed by atoms with van der Waals surface area (Å²) >= 11 is 0. The van der Waals surface area contributed by atoms with Crippen LogP contribution < -0.4 is 4.74 Å². The highest BCUT2D eigenvalue weighted by Crippen LogP contribution is 2.31. The van der Waals surface area contributed by atoms with Gasteiger partial charge >= 0.3 is 6.36 Å². The van der Waals surface area contributed by atoms with E-state index in [9.17, 15) is 13.2 Å². The molecule has 0 spiro atoms. The van der Waals surface area contributed by atoms with Crippen LogP contribution in [-0.4, -0.2) is 31.4 Å². The molecule has 1 fully saturated rings. The second-order valence-corrected chi connectivity index (χ2v) is 4.70. The maximum Gasteiger partial charge on any atom is 0.573 e. The van der Waals surface area contributed by atoms with Crippen LogP contribution in [0.25, 0.3) is 0 Å². The van der Waals surface area contributed by atoms with Crippen LogP contribution in [0.4, 0.5) is 13.2 Å². The van der Waals surface area contributed by atoms with E-state index in [4.69, 9.17) is 0 Å². The number of hydrogen-bond acceptors (Lipinski definition) is 2. The fourth-order valence-corrected chi connectivity index (χ4v) is 2.31. The van der Waals surface area contributed by atoms with Gasteiger partial charge in [-0.2, -0.15) is 0 Å². The van der Waals surface area contributed by atoms with Crippen molar-refractivity contribution in [2.75, 3.05) is 20.1 Å². The summed E-state index contributed by atoms with van der Waals surface area (Å²) in [6.45, 7) is 1.96. The van der Waals surface area contributed by atoms with Crippen LogP contribution in [0.3, 0.4) is 0 Å². The molecule has 2 nitrogen and oxygen atoms in total. The van der Waals surface area contributed by atoms with E-state index in [2.05, 4.69) is 16.7 Å². The van der Waals surface area contributed by atoms with Crippen LogP contribution in [0, 0.1) is 0 Å². The van der Waals surface area contributed by atoms with E-state index in [0.29, 0.717) is 5.92 Å². The molecule has 0 unspecified atom stereocenters. The van der Waals surface area contributed by atoms with E-state index in [-0.39, 0.29) is 5.75 Å². The lowest BCUT2D eigenvalue weighted by Crippen LogP contribution is -2.29. The van der Waals surface area contributed by atoms with E-state index in [1.165, 1.54) is 12.1 Å². The molecule has 1 aliphatic rings. The molecule has 1 heterocycles. The standard InChI is InChI=1S/C13H16F3NO/c1-17-7-5-10(6-8-17)11-3-2-4-12(9-11)18-13(14,15)16/h2-4,9-10H,5-8H2,1H3. The monoisotopic (exact) mass is 259 g/mol. The highest BCUT2D eigenvalue weighted by molar-refractivity contribution is 5.31. The van der Waals surface area contributed by atoms with Gasteiger partial charge in [0.1, 0.15) is 5.75 Å². The molecule has 0 amide bonds. The number of rotatable bonds is 2. The molecule has 0 bridgehead atoms. The van der Waals surface area contributed by atoms with Gasteiger partial charge in [0, 0.05) is 0 Å². The Morgan fingerprint density at radius 3 is 2.50 bits per heavy atom. The molecule has 1 saturated heterocycles. The predicted molar refractivity (Wildman–Crippen MR) is 62.6 cm³/mol. The van der Waals surface area contributed by atoms with E-state index in [1.54, 1.807) is 6.07 Å². The highest BCUT2D eigenvalue weighted by atomic mass is 19.4. The quantitative estimate of drug-likeness (QED) is 0.807. The van der Waals surface area contributed by atoms with Crippen molar-refractivity contribution >= 4 is 0 Å². The van der Waals surface area contributed by atoms with E-state index < -0.39 is 6.36 Å². The number of alkyl halides is 3. The van der Waals surface area contributed by atoms with Crippen LogP contribution >= 0.6 is 0 Å². The van der Waals surface area contributed by atoms with E-state index in [0.717, 1.165) is 31.5 Å². The average Bonchev–Trinajstić information content (AvgIpc) is 2.28. The molecule has 0 atom stereocenters. The first kappa shape index (κ1) is 13.2. The van der Waals surface area contributed by atoms with Gasteiger partial charge in [-0.25, -0.2) is 0 Å². The molecular weight excluding hydrogens is 243 g/mol. The summed E-state index contributed by atoms with van der Waals surface area (Å²) in [5, 5.41) is 0. The number of likely N-dealkylation sites (tertiary alicyclic amines) is 1. The molecule has 5 heteroatoms. The Hall–Kier alpha value is -1.23. The summed E-state index contributed by atoms with van der Waals surface area (Å²) < 4.78 is 40.4. The van der Waals surface area contributed by atoms with Gasteiger partial charge in [-0.15, -0.1) is 13.2 Å². The molecule has 0 saturated carbocycles. The Kier molecular flexibility index (Phi) is 3.80. The number of benzene rings is 1. The van der Waals surface area contributed by atoms with Crippen molar-refractivity contribution in [2.24, 2.45) is 0 Å². The Morgan fingerprint density at radius 1 is 1.22 bits per heavy atom. The first-order valence-corrected chi connectivity index (χ1v) is 5.98. The van der Waals surface area contributed by atoms with Gasteiger partial charge < -0.3 is 9.64 Å². The minimum atomic E-state index is -4.62. The van der Waals surface area contributed by atoms with Crippen molar-refractivity contribution in [3.8, 4) is 5.75 Å². The van der Waals surface area contributed by atoms with Gasteiger partial charge in [-0.1, -0.05) is 12.1 Å². The SMILES string of the molecule is CN1CCC(c2cccc(OC(F)(F)F)c2)CC1. The molecule has 18 heavy (non-hydrogen) atoms. The van der Waals surface area contributed by atoms with E-state index in [1.807, 2.05) is 6.07 Å². The van der Waals surface area contributed by atoms with Crippen molar-refractivity contribution in [1.29, 1.82) is 0 Å². The fourth-order valence-electron chi connectivity index (χ4n) is 2.31. The predicted octanol–water partition coefficient (Wildman–Crippen LogP) is 3.39. The smallest absolute Gasteiger partial charge is 0.406 e. The lowest BCUT2D eigenvalue weighted by Gasteiger charge is -2.29. The zero-order valence-corrected chi connectivity index (χ0v) is 10.2. The average molecular weight is 259 g/mol. The van der Waals surface area contributed by atoms with Crippen molar-refractivity contribution in [2.45, 2.75) is 25.1 Å². The van der Waals surface area contributed by atoms with E-state index >= 15 is 0 Å². The van der Waals surface area contributed by atoms with Gasteiger partial charge in [0.25, 0.3) is 0 Å². The van der Waals surface area contributed by atoms with Gasteiger partial charge in [0.15, 0.2) is 0 Å². The van der Waals surface area contributed by atoms with Gasteiger partial charge in [0.05, 0.1) is 0 Å². The summed E-state index contributed by atoms with van der Waals surface area (Å²) in [5.74, 6) is 0.205. The number of ether oxygens (including phenoxy) is 1. The Labute approximate surface area is 104 Å². The summed E-state index contributed by atoms with van der Waals surface area (Å²) in [5.41, 5.74) is 0.935. The second kappa shape index (κ2) is 5.18. The van der Waals surface area contributed by atoms with Crippen LogP contribution in [0.15, 0.2) is 24.3 Å². The Balaban J connectivity index is 2.07. The molecule has 2 rings (SSSR count). The summed E-state index contributed by atoms with van der Waals surface area (Å²) in [6, 6.07) is 6.34. The first-order valence-electron chi connectivity index (χ1n) is 5.98. The molecule has 0 radical (unpaired) electrons. The number of halogens is 3. The normalized spacial score (nSPS) is 18.9. The fraction of sp³-hybridized carbons (Fsp3) is 0.538. The maximum atomic E-state index is 12.1. The summed E-state index contributed by atoms with van der Waals surface area (Å²) in [6.07, 6.45) is -2.66. The van der Waals surface area contributed by atoms with Crippen LogP contribution in [0.1, 0.15) is 24.3 Å². The van der Waals surface area contributed by atoms with Crippen molar-refractivity contribution in [1.82, 2.24) is 4.90 Å². The molecule has 1 aromatic carbocycles. The molecule has 0 aromatic heterocycles. The minimum Gasteiger partial charge on any atom is -0.406 e. The number of piperidine rings is 1. The first-order chi connectivity index (χ1) is 8.44. The zero-order chi connectivity index (χ0) is 13.2. The number of nitrogens with zero attached hydrogens (tertiary/aromatic N) is 1. The van der Waals surface area contributed by atoms with Crippen molar-refractivity contribution in [3.63, 3.8) is 0 Å². The summed E-state index contributed by atoms with van der Waals surface area (Å²) in [7, 11) is 2.05. The highest BCUT2D eigenvalue weighted by Gasteiger charge is 2.31. The molecule has 1 aromatic rings. The molecule has 0 N–H and O–H groups in total. The molecule has 1 aliphatic heterocycles. The zero-order valence-electron chi connectivity index (χ0n) is 10.2. The molecule has 0 aliphatic carbocycles. The lowest BCUT2D eigenvalue weighted by molar-refractivity contribution is -0.274. The van der Waals surface area contributed by atoms with Gasteiger partial charge in [-0.3, -0.25) is 0 Å². The molecule has 100 valence electrons. The number of hydrogen-bond donors (Lipinski definition) is 0. The van der Waals surface area contributed by atoms with Gasteiger partial charge in [-0.05, 0) is 56.6 Å². The topological polar surface area (TPSA) is 12.5 Å². The van der Waals surface area contributed by atoms with Crippen LogP contribution in [-0.2, 0) is 0 Å². The maximum absolute atomic E-state index is 12.1. The van der Waals surface area contributed by atoms with Gasteiger partial charge in [0.2, 0.25) is 0 Å². The van der Waals surface area contributed by atoms with Crippen molar-refractivity contribution < 1.29 is 17.9 Å². The minimum absolute atomic E-state index is 0.126. The van der Waals surface area contributed by atoms with Crippen LogP contribution in [0.2, 0.25) is 0 Å². The third-order valence-electron chi connectivity index (χ3n) is 3.28. The summed E-state index contributed by atoms with van der Waals surface area (Å²) in [4.78, 5) is 2.23. The Morgan fingerprint density at radius 2 is 1.89 bits per heavy atom. The van der Waals surface area contributed by atoms with Crippen molar-refractivity contribution in [3.05, 3.63) is 29.8 Å². The Bertz CT molecular complexity index is 397. The van der Waals surface area contributed by atoms with Crippen LogP contribution in [0.5, 0.6) is 5.75 Å². The largest absolute Gasteiger partial charge is 0.573 e. The third kappa shape index (κ3) is 3.63. The lowest BCUT2D eigenvalue weighted by atomic mass is 9.89. The molecular formula is C13H16F3NO.